The van der Waals surface area contributed by atoms with Gasteiger partial charge in [0.05, 0.1) is 18.3 Å². The quantitative estimate of drug-likeness (QED) is 0.545. The average molecular weight is 170 g/mol. The van der Waals surface area contributed by atoms with E-state index in [4.69, 9.17) is 14.2 Å². The summed E-state index contributed by atoms with van der Waals surface area (Å²) in [7, 11) is 1.71. The highest BCUT2D eigenvalue weighted by Crippen LogP contribution is 2.53. The molecule has 3 nitrogen and oxygen atoms in total. The van der Waals surface area contributed by atoms with Crippen molar-refractivity contribution in [3.8, 4) is 0 Å². The van der Waals surface area contributed by atoms with Crippen molar-refractivity contribution in [3.05, 3.63) is 0 Å². The van der Waals surface area contributed by atoms with Crippen molar-refractivity contribution >= 4 is 0 Å². The standard InChI is InChI=1S/C9H14O3/c1-4-7-5(9-8(4)12-9)3-6(10-2)11-7/h4-9H,3H2,1-2H3/t4-,5-,6+,7-,8+,9-/m0/s1. The summed E-state index contributed by atoms with van der Waals surface area (Å²) in [5, 5.41) is 0. The Morgan fingerprint density at radius 3 is 2.67 bits per heavy atom. The fraction of sp³-hybridized carbons (Fsp3) is 1.00. The highest BCUT2D eigenvalue weighted by Gasteiger charge is 2.63. The van der Waals surface area contributed by atoms with Crippen LogP contribution in [0.25, 0.3) is 0 Å². The van der Waals surface area contributed by atoms with Gasteiger partial charge in [0, 0.05) is 25.4 Å². The zero-order valence-corrected chi connectivity index (χ0v) is 7.40. The van der Waals surface area contributed by atoms with E-state index < -0.39 is 0 Å². The maximum absolute atomic E-state index is 5.75. The second-order valence-electron chi connectivity index (χ2n) is 4.09. The molecule has 3 aliphatic rings. The van der Waals surface area contributed by atoms with Crippen LogP contribution >= 0.6 is 0 Å². The summed E-state index contributed by atoms with van der Waals surface area (Å²) in [6.07, 6.45) is 2.43. The SMILES string of the molecule is CO[C@H]1C[C@H]2[C@@H](O1)[C@H](C)[C@H]1O[C@@H]21. The maximum atomic E-state index is 5.75. The van der Waals surface area contributed by atoms with Crippen LogP contribution < -0.4 is 0 Å². The van der Waals surface area contributed by atoms with Gasteiger partial charge in [0.2, 0.25) is 0 Å². The van der Waals surface area contributed by atoms with Gasteiger partial charge in [-0.05, 0) is 0 Å². The molecule has 2 heterocycles. The second-order valence-corrected chi connectivity index (χ2v) is 4.09. The van der Waals surface area contributed by atoms with Crippen LogP contribution in [0.5, 0.6) is 0 Å². The van der Waals surface area contributed by atoms with Crippen molar-refractivity contribution in [2.24, 2.45) is 11.8 Å². The first-order valence-corrected chi connectivity index (χ1v) is 4.65. The van der Waals surface area contributed by atoms with E-state index in [0.717, 1.165) is 6.42 Å². The van der Waals surface area contributed by atoms with E-state index >= 15 is 0 Å². The molecule has 1 saturated carbocycles. The maximum Gasteiger partial charge on any atom is 0.158 e. The summed E-state index contributed by atoms with van der Waals surface area (Å²) in [5.41, 5.74) is 0. The van der Waals surface area contributed by atoms with E-state index in [-0.39, 0.29) is 6.29 Å². The van der Waals surface area contributed by atoms with Crippen molar-refractivity contribution < 1.29 is 14.2 Å². The monoisotopic (exact) mass is 170 g/mol. The van der Waals surface area contributed by atoms with Crippen LogP contribution in [0.4, 0.5) is 0 Å². The third-order valence-corrected chi connectivity index (χ3v) is 3.48. The molecule has 2 saturated heterocycles. The van der Waals surface area contributed by atoms with Crippen molar-refractivity contribution in [1.29, 1.82) is 0 Å². The van der Waals surface area contributed by atoms with Crippen LogP contribution in [0.3, 0.4) is 0 Å². The zero-order valence-electron chi connectivity index (χ0n) is 7.40. The molecule has 68 valence electrons. The van der Waals surface area contributed by atoms with Crippen LogP contribution in [0.1, 0.15) is 13.3 Å². The van der Waals surface area contributed by atoms with Crippen LogP contribution in [0, 0.1) is 11.8 Å². The molecule has 0 radical (unpaired) electrons. The lowest BCUT2D eigenvalue weighted by Gasteiger charge is -2.17. The Hall–Kier alpha value is -0.120. The van der Waals surface area contributed by atoms with Gasteiger partial charge in [0.1, 0.15) is 0 Å². The Kier molecular flexibility index (Phi) is 1.35. The van der Waals surface area contributed by atoms with Crippen LogP contribution in [-0.4, -0.2) is 31.7 Å². The summed E-state index contributed by atoms with van der Waals surface area (Å²) in [5.74, 6) is 1.18. The predicted molar refractivity (Wildman–Crippen MR) is 41.6 cm³/mol. The Labute approximate surface area is 72.0 Å². The topological polar surface area (TPSA) is 31.0 Å². The number of epoxide rings is 1. The molecule has 3 fully saturated rings. The van der Waals surface area contributed by atoms with Crippen LogP contribution in [0.15, 0.2) is 0 Å². The van der Waals surface area contributed by atoms with Crippen molar-refractivity contribution in [3.63, 3.8) is 0 Å². The summed E-state index contributed by atoms with van der Waals surface area (Å²) in [6, 6.07) is 0. The zero-order chi connectivity index (χ0) is 8.29. The third-order valence-electron chi connectivity index (χ3n) is 3.48. The Bertz CT molecular complexity index is 200. The normalized spacial score (nSPS) is 61.5. The van der Waals surface area contributed by atoms with Gasteiger partial charge in [-0.3, -0.25) is 0 Å². The number of rotatable bonds is 1. The number of fused-ring (bicyclic) bond motifs is 3. The van der Waals surface area contributed by atoms with E-state index in [1.165, 1.54) is 0 Å². The summed E-state index contributed by atoms with van der Waals surface area (Å²) in [4.78, 5) is 0. The minimum Gasteiger partial charge on any atom is -0.369 e. The molecule has 2 aliphatic heterocycles. The lowest BCUT2D eigenvalue weighted by Crippen LogP contribution is -2.23. The molecule has 1 aliphatic carbocycles. The van der Waals surface area contributed by atoms with Gasteiger partial charge < -0.3 is 14.2 Å². The molecule has 0 unspecified atom stereocenters. The molecule has 0 aromatic carbocycles. The third kappa shape index (κ3) is 0.767. The van der Waals surface area contributed by atoms with E-state index in [9.17, 15) is 0 Å². The van der Waals surface area contributed by atoms with Gasteiger partial charge in [0.15, 0.2) is 6.29 Å². The first-order chi connectivity index (χ1) is 5.81. The fourth-order valence-corrected chi connectivity index (χ4v) is 2.77. The number of hydrogen-bond donors (Lipinski definition) is 0. The first-order valence-electron chi connectivity index (χ1n) is 4.65. The van der Waals surface area contributed by atoms with Gasteiger partial charge >= 0.3 is 0 Å². The molecule has 3 heteroatoms. The lowest BCUT2D eigenvalue weighted by atomic mass is 10.0. The molecule has 12 heavy (non-hydrogen) atoms. The average Bonchev–Trinajstić information content (AvgIpc) is 2.68. The van der Waals surface area contributed by atoms with Gasteiger partial charge in [-0.2, -0.15) is 0 Å². The lowest BCUT2D eigenvalue weighted by molar-refractivity contribution is -0.127. The number of methoxy groups -OCH3 is 1. The second kappa shape index (κ2) is 2.22. The minimum absolute atomic E-state index is 0.0209. The van der Waals surface area contributed by atoms with E-state index in [0.29, 0.717) is 30.1 Å². The Morgan fingerprint density at radius 2 is 2.00 bits per heavy atom. The molecular formula is C9H14O3. The largest absolute Gasteiger partial charge is 0.369 e. The minimum atomic E-state index is 0.0209. The molecular weight excluding hydrogens is 156 g/mol. The van der Waals surface area contributed by atoms with Crippen molar-refractivity contribution in [1.82, 2.24) is 0 Å². The molecule has 0 bridgehead atoms. The summed E-state index contributed by atoms with van der Waals surface area (Å²) in [6.45, 7) is 2.22. The van der Waals surface area contributed by atoms with E-state index in [1.807, 2.05) is 0 Å². The highest BCUT2D eigenvalue weighted by molar-refractivity contribution is 5.09. The van der Waals surface area contributed by atoms with E-state index in [1.54, 1.807) is 7.11 Å². The summed E-state index contributed by atoms with van der Waals surface area (Å²) >= 11 is 0. The molecule has 0 aromatic rings. The number of hydrogen-bond acceptors (Lipinski definition) is 3. The Balaban J connectivity index is 1.78. The van der Waals surface area contributed by atoms with Crippen LogP contribution in [0.2, 0.25) is 0 Å². The molecule has 0 spiro atoms. The Morgan fingerprint density at radius 1 is 1.17 bits per heavy atom. The molecule has 6 atom stereocenters. The van der Waals surface area contributed by atoms with Gasteiger partial charge in [0.25, 0.3) is 0 Å². The molecule has 3 rings (SSSR count). The fourth-order valence-electron chi connectivity index (χ4n) is 2.77. The molecule has 0 N–H and O–H groups in total. The smallest absolute Gasteiger partial charge is 0.158 e. The van der Waals surface area contributed by atoms with Gasteiger partial charge in [-0.15, -0.1) is 0 Å². The van der Waals surface area contributed by atoms with Crippen molar-refractivity contribution in [2.75, 3.05) is 7.11 Å². The first kappa shape index (κ1) is 7.30. The van der Waals surface area contributed by atoms with Gasteiger partial charge in [-0.25, -0.2) is 0 Å². The van der Waals surface area contributed by atoms with Crippen LogP contribution in [-0.2, 0) is 14.2 Å². The molecule has 0 aromatic heterocycles. The predicted octanol–water partition coefficient (Wildman–Crippen LogP) is 0.781. The molecule has 0 amide bonds. The number of ether oxygens (including phenoxy) is 3. The summed E-state index contributed by atoms with van der Waals surface area (Å²) < 4.78 is 16.5. The van der Waals surface area contributed by atoms with E-state index in [2.05, 4.69) is 6.92 Å². The van der Waals surface area contributed by atoms with Crippen molar-refractivity contribution in [2.45, 2.75) is 37.9 Å². The highest BCUT2D eigenvalue weighted by atomic mass is 16.7. The van der Waals surface area contributed by atoms with Gasteiger partial charge in [-0.1, -0.05) is 6.92 Å².